The van der Waals surface area contributed by atoms with Gasteiger partial charge in [-0.3, -0.25) is 14.5 Å². The first-order chi connectivity index (χ1) is 15.9. The fourth-order valence-corrected chi connectivity index (χ4v) is 4.48. The van der Waals surface area contributed by atoms with Gasteiger partial charge in [-0.05, 0) is 48.8 Å². The van der Waals surface area contributed by atoms with Crippen LogP contribution < -0.4 is 5.73 Å². The monoisotopic (exact) mass is 469 g/mol. The van der Waals surface area contributed by atoms with Gasteiger partial charge in [-0.25, -0.2) is 0 Å². The van der Waals surface area contributed by atoms with E-state index in [2.05, 4.69) is 23.6 Å². The van der Waals surface area contributed by atoms with Crippen molar-refractivity contribution in [1.82, 2.24) is 14.7 Å². The summed E-state index contributed by atoms with van der Waals surface area (Å²) in [5.74, 6) is -0.344. The molecule has 6 nitrogen and oxygen atoms in total. The molecule has 177 valence electrons. The van der Waals surface area contributed by atoms with E-state index in [1.54, 1.807) is 12.5 Å². The predicted molar refractivity (Wildman–Crippen MR) is 133 cm³/mol. The minimum absolute atomic E-state index is 0.0453. The first kappa shape index (κ1) is 25.2. The highest BCUT2D eigenvalue weighted by Crippen LogP contribution is 2.27. The minimum Gasteiger partial charge on any atom is -0.366 e. The summed E-state index contributed by atoms with van der Waals surface area (Å²) in [7, 11) is 0. The van der Waals surface area contributed by atoms with Crippen LogP contribution in [-0.2, 0) is 11.2 Å². The van der Waals surface area contributed by atoms with E-state index in [-0.39, 0.29) is 11.9 Å². The molecule has 1 atom stereocenters. The molecular formula is C26H34ClN4O2. The Bertz CT molecular complexity index is 922. The molecule has 1 radical (unpaired) electrons. The summed E-state index contributed by atoms with van der Waals surface area (Å²) in [6, 6.07) is 15.2. The van der Waals surface area contributed by atoms with Gasteiger partial charge in [0.05, 0.1) is 6.42 Å². The highest BCUT2D eigenvalue weighted by atomic mass is 35.5. The van der Waals surface area contributed by atoms with Gasteiger partial charge in [0.2, 0.25) is 11.8 Å². The number of halogens is 1. The third kappa shape index (κ3) is 6.79. The van der Waals surface area contributed by atoms with E-state index in [4.69, 9.17) is 17.3 Å². The Balaban J connectivity index is 1.66. The van der Waals surface area contributed by atoms with Crippen LogP contribution in [-0.4, -0.2) is 72.3 Å². The largest absolute Gasteiger partial charge is 0.366 e. The average Bonchev–Trinajstić information content (AvgIpc) is 2.84. The maximum Gasteiger partial charge on any atom is 0.249 e. The van der Waals surface area contributed by atoms with Gasteiger partial charge in [0, 0.05) is 49.4 Å². The maximum atomic E-state index is 12.8. The zero-order valence-corrected chi connectivity index (χ0v) is 20.3. The fraction of sp³-hybridized carbons (Fsp3) is 0.423. The molecule has 0 aliphatic carbocycles. The molecule has 0 aromatic heterocycles. The Morgan fingerprint density at radius 3 is 2.27 bits per heavy atom. The second-order valence-corrected chi connectivity index (χ2v) is 8.79. The summed E-state index contributed by atoms with van der Waals surface area (Å²) in [6.07, 6.45) is 2.33. The summed E-state index contributed by atoms with van der Waals surface area (Å²) in [5.41, 5.74) is 8.29. The van der Waals surface area contributed by atoms with E-state index in [0.29, 0.717) is 30.1 Å². The van der Waals surface area contributed by atoms with Crippen molar-refractivity contribution in [3.63, 3.8) is 0 Å². The molecule has 1 fully saturated rings. The molecule has 33 heavy (non-hydrogen) atoms. The van der Waals surface area contributed by atoms with Gasteiger partial charge >= 0.3 is 0 Å². The summed E-state index contributed by atoms with van der Waals surface area (Å²) in [5, 5.41) is 0.693. The first-order valence-electron chi connectivity index (χ1n) is 11.6. The van der Waals surface area contributed by atoms with Gasteiger partial charge in [0.1, 0.15) is 0 Å². The standard InChI is InChI=1S/C26H34ClN4O2/c1-3-29(4-2)19-24(22-7-5-6-8-23(22)26(28)33)30-15-17-31(18-16-30)25(32)14-11-20-9-12-21(27)13-10-20/h5-10,12-14,24H,3-4,11,15-19H2,1-2H3,(H2,28,33). The lowest BCUT2D eigenvalue weighted by Crippen LogP contribution is -2.51. The summed E-state index contributed by atoms with van der Waals surface area (Å²) in [6.45, 7) is 9.79. The second kappa shape index (κ2) is 12.2. The molecule has 1 aliphatic heterocycles. The van der Waals surface area contributed by atoms with Gasteiger partial charge in [-0.15, -0.1) is 0 Å². The van der Waals surface area contributed by atoms with Crippen LogP contribution in [0.2, 0.25) is 5.02 Å². The molecule has 0 bridgehead atoms. The van der Waals surface area contributed by atoms with Gasteiger partial charge in [0.25, 0.3) is 0 Å². The molecule has 7 heteroatoms. The van der Waals surface area contributed by atoms with E-state index in [1.807, 2.05) is 47.4 Å². The Labute approximate surface area is 202 Å². The number of carbonyl (C=O) groups excluding carboxylic acids is 2. The van der Waals surface area contributed by atoms with Gasteiger partial charge in [0.15, 0.2) is 0 Å². The molecule has 1 aliphatic rings. The summed E-state index contributed by atoms with van der Waals surface area (Å²) < 4.78 is 0. The van der Waals surface area contributed by atoms with E-state index in [9.17, 15) is 9.59 Å². The van der Waals surface area contributed by atoms with Crippen LogP contribution in [0.15, 0.2) is 48.5 Å². The number of amides is 2. The number of nitrogens with two attached hydrogens (primary N) is 1. The topological polar surface area (TPSA) is 69.9 Å². The molecule has 1 saturated heterocycles. The SMILES string of the molecule is CCN(CC)CC(c1ccccc1C(N)=O)N1CCN(C(=O)[CH]Cc2ccc(Cl)cc2)CC1. The molecule has 0 spiro atoms. The number of likely N-dealkylation sites (N-methyl/N-ethyl adjacent to an activating group) is 1. The van der Waals surface area contributed by atoms with Crippen molar-refractivity contribution in [3.05, 3.63) is 76.7 Å². The fourth-order valence-electron chi connectivity index (χ4n) is 4.36. The van der Waals surface area contributed by atoms with Gasteiger partial charge in [-0.1, -0.05) is 55.8 Å². The molecule has 1 heterocycles. The lowest BCUT2D eigenvalue weighted by Gasteiger charge is -2.41. The number of piperazine rings is 1. The van der Waals surface area contributed by atoms with E-state index < -0.39 is 5.91 Å². The Morgan fingerprint density at radius 1 is 1.03 bits per heavy atom. The van der Waals surface area contributed by atoms with Crippen LogP contribution in [0, 0.1) is 6.42 Å². The van der Waals surface area contributed by atoms with Gasteiger partial charge < -0.3 is 15.5 Å². The number of hydrogen-bond donors (Lipinski definition) is 1. The number of hydrogen-bond acceptors (Lipinski definition) is 4. The quantitative estimate of drug-likeness (QED) is 0.579. The molecule has 1 unspecified atom stereocenters. The van der Waals surface area contributed by atoms with Crippen molar-refractivity contribution in [2.45, 2.75) is 26.3 Å². The first-order valence-corrected chi connectivity index (χ1v) is 12.0. The van der Waals surface area contributed by atoms with Crippen molar-refractivity contribution in [1.29, 1.82) is 0 Å². The van der Waals surface area contributed by atoms with Crippen LogP contribution in [0.3, 0.4) is 0 Å². The lowest BCUT2D eigenvalue weighted by atomic mass is 9.97. The summed E-state index contributed by atoms with van der Waals surface area (Å²) in [4.78, 5) is 31.5. The van der Waals surface area contributed by atoms with E-state index in [1.165, 1.54) is 0 Å². The molecule has 3 rings (SSSR count). The highest BCUT2D eigenvalue weighted by molar-refractivity contribution is 6.30. The zero-order valence-electron chi connectivity index (χ0n) is 19.5. The molecule has 0 saturated carbocycles. The van der Waals surface area contributed by atoms with Crippen LogP contribution in [0.4, 0.5) is 0 Å². The lowest BCUT2D eigenvalue weighted by molar-refractivity contribution is -0.129. The van der Waals surface area contributed by atoms with Crippen molar-refractivity contribution in [2.24, 2.45) is 5.73 Å². The smallest absolute Gasteiger partial charge is 0.249 e. The normalized spacial score (nSPS) is 15.6. The number of primary amides is 1. The number of nitrogens with zero attached hydrogens (tertiary/aromatic N) is 3. The van der Waals surface area contributed by atoms with E-state index in [0.717, 1.165) is 43.9 Å². The third-order valence-electron chi connectivity index (χ3n) is 6.40. The van der Waals surface area contributed by atoms with Crippen molar-refractivity contribution in [2.75, 3.05) is 45.8 Å². The number of carbonyl (C=O) groups is 2. The van der Waals surface area contributed by atoms with Crippen LogP contribution >= 0.6 is 11.6 Å². The Morgan fingerprint density at radius 2 is 1.67 bits per heavy atom. The molecule has 2 amide bonds. The van der Waals surface area contributed by atoms with Crippen molar-refractivity contribution >= 4 is 23.4 Å². The summed E-state index contributed by atoms with van der Waals surface area (Å²) >= 11 is 5.94. The van der Waals surface area contributed by atoms with Crippen LogP contribution in [0.25, 0.3) is 0 Å². The Kier molecular flexibility index (Phi) is 9.30. The Hall–Kier alpha value is -2.41. The molecule has 2 aromatic rings. The highest BCUT2D eigenvalue weighted by Gasteiger charge is 2.30. The molecular weight excluding hydrogens is 436 g/mol. The zero-order chi connectivity index (χ0) is 23.8. The van der Waals surface area contributed by atoms with Crippen LogP contribution in [0.5, 0.6) is 0 Å². The number of rotatable bonds is 10. The average molecular weight is 470 g/mol. The number of benzene rings is 2. The van der Waals surface area contributed by atoms with Gasteiger partial charge in [-0.2, -0.15) is 0 Å². The van der Waals surface area contributed by atoms with E-state index >= 15 is 0 Å². The maximum absolute atomic E-state index is 12.8. The molecule has 2 N–H and O–H groups in total. The predicted octanol–water partition coefficient (Wildman–Crippen LogP) is 3.41. The van der Waals surface area contributed by atoms with Crippen LogP contribution in [0.1, 0.15) is 41.4 Å². The van der Waals surface area contributed by atoms with Crippen molar-refractivity contribution in [3.8, 4) is 0 Å². The second-order valence-electron chi connectivity index (χ2n) is 8.35. The van der Waals surface area contributed by atoms with Crippen molar-refractivity contribution < 1.29 is 9.59 Å². The molecule has 2 aromatic carbocycles. The third-order valence-corrected chi connectivity index (χ3v) is 6.66. The minimum atomic E-state index is -0.402.